The number of rotatable bonds is 3. The molecule has 0 radical (unpaired) electrons. The number of aromatic nitrogens is 2. The number of benzene rings is 2. The molecule has 0 aliphatic heterocycles. The normalized spacial score (nSPS) is 11.7. The lowest BCUT2D eigenvalue weighted by Crippen LogP contribution is -2.09. The maximum absolute atomic E-state index is 13.6. The summed E-state index contributed by atoms with van der Waals surface area (Å²) in [5.74, 6) is 0. The molecule has 0 bridgehead atoms. The predicted molar refractivity (Wildman–Crippen MR) is 108 cm³/mol. The van der Waals surface area contributed by atoms with Crippen LogP contribution in [-0.2, 0) is 12.7 Å². The van der Waals surface area contributed by atoms with Crippen LogP contribution in [0.2, 0.25) is 5.02 Å². The van der Waals surface area contributed by atoms with Crippen LogP contribution in [0.1, 0.15) is 22.5 Å². The second-order valence-electron chi connectivity index (χ2n) is 6.55. The van der Waals surface area contributed by atoms with Crippen molar-refractivity contribution in [2.45, 2.75) is 19.6 Å². The molecule has 0 saturated heterocycles. The number of nitriles is 1. The highest BCUT2D eigenvalue weighted by atomic mass is 35.5. The van der Waals surface area contributed by atoms with Crippen molar-refractivity contribution in [3.63, 3.8) is 0 Å². The fourth-order valence-corrected chi connectivity index (χ4v) is 4.28. The van der Waals surface area contributed by atoms with E-state index in [1.807, 2.05) is 17.5 Å². The van der Waals surface area contributed by atoms with Crippen LogP contribution in [-0.4, -0.2) is 9.55 Å². The van der Waals surface area contributed by atoms with Gasteiger partial charge in [0.1, 0.15) is 5.01 Å². The molecule has 0 aliphatic carbocycles. The molecule has 4 rings (SSSR count). The Morgan fingerprint density at radius 2 is 1.90 bits per heavy atom. The summed E-state index contributed by atoms with van der Waals surface area (Å²) >= 11 is 7.38. The molecular weight excluding hydrogens is 419 g/mol. The number of halogens is 4. The second kappa shape index (κ2) is 7.21. The lowest BCUT2D eigenvalue weighted by Gasteiger charge is -2.11. The van der Waals surface area contributed by atoms with Crippen LogP contribution in [0.3, 0.4) is 0 Å². The summed E-state index contributed by atoms with van der Waals surface area (Å²) in [5, 5.41) is 12.5. The fourth-order valence-electron chi connectivity index (χ4n) is 3.34. The third-order valence-corrected chi connectivity index (χ3v) is 5.85. The number of hydrogen-bond donors (Lipinski definition) is 0. The molecule has 0 spiro atoms. The maximum Gasteiger partial charge on any atom is 0.418 e. The summed E-state index contributed by atoms with van der Waals surface area (Å²) < 4.78 is 42.5. The van der Waals surface area contributed by atoms with E-state index in [4.69, 9.17) is 16.9 Å². The Hall–Kier alpha value is -2.82. The van der Waals surface area contributed by atoms with Crippen LogP contribution >= 0.6 is 22.9 Å². The van der Waals surface area contributed by atoms with Gasteiger partial charge in [0.25, 0.3) is 0 Å². The summed E-state index contributed by atoms with van der Waals surface area (Å²) in [7, 11) is 0. The molecule has 0 unspecified atom stereocenters. The van der Waals surface area contributed by atoms with Gasteiger partial charge in [-0.3, -0.25) is 0 Å². The van der Waals surface area contributed by atoms with Gasteiger partial charge in [-0.1, -0.05) is 23.7 Å². The van der Waals surface area contributed by atoms with Crippen LogP contribution in [0.15, 0.2) is 47.8 Å². The lowest BCUT2D eigenvalue weighted by molar-refractivity contribution is -0.136. The van der Waals surface area contributed by atoms with E-state index in [0.29, 0.717) is 22.8 Å². The standard InChI is InChI=1S/C21H13ClF3N3S/c1-12-8-17-18(7-4-14(9-26)19(17)21(23,24)25)28(12)10-16-11-29-20(27-16)13-2-5-15(22)6-3-13/h2-8,11H,10H2,1H3. The minimum absolute atomic E-state index is 0.0298. The van der Waals surface area contributed by atoms with Crippen LogP contribution in [0.4, 0.5) is 13.2 Å². The molecule has 0 saturated carbocycles. The largest absolute Gasteiger partial charge is 0.418 e. The highest BCUT2D eigenvalue weighted by Crippen LogP contribution is 2.38. The highest BCUT2D eigenvalue weighted by molar-refractivity contribution is 7.13. The van der Waals surface area contributed by atoms with Crippen molar-refractivity contribution in [1.29, 1.82) is 5.26 Å². The van der Waals surface area contributed by atoms with Gasteiger partial charge in [-0.15, -0.1) is 11.3 Å². The minimum Gasteiger partial charge on any atom is -0.339 e. The first-order valence-electron chi connectivity index (χ1n) is 8.58. The molecular formula is C21H13ClF3N3S. The number of alkyl halides is 3. The minimum atomic E-state index is -4.61. The van der Waals surface area contributed by atoms with E-state index in [2.05, 4.69) is 4.98 Å². The number of nitrogens with zero attached hydrogens (tertiary/aromatic N) is 3. The summed E-state index contributed by atoms with van der Waals surface area (Å²) in [6.07, 6.45) is -4.61. The summed E-state index contributed by atoms with van der Waals surface area (Å²) in [4.78, 5) is 4.62. The van der Waals surface area contributed by atoms with E-state index in [0.717, 1.165) is 16.3 Å². The van der Waals surface area contributed by atoms with Crippen molar-refractivity contribution in [3.8, 4) is 16.6 Å². The Morgan fingerprint density at radius 1 is 1.17 bits per heavy atom. The molecule has 3 nitrogen and oxygen atoms in total. The van der Waals surface area contributed by atoms with Crippen LogP contribution in [0, 0.1) is 18.3 Å². The summed E-state index contributed by atoms with van der Waals surface area (Å²) in [5.41, 5.74) is 1.51. The first kappa shape index (κ1) is 19.5. The zero-order valence-electron chi connectivity index (χ0n) is 15.1. The van der Waals surface area contributed by atoms with Gasteiger partial charge in [-0.25, -0.2) is 4.98 Å². The summed E-state index contributed by atoms with van der Waals surface area (Å²) in [6.45, 7) is 2.08. The molecule has 146 valence electrons. The Labute approximate surface area is 173 Å². The van der Waals surface area contributed by atoms with Gasteiger partial charge in [0, 0.05) is 32.6 Å². The fraction of sp³-hybridized carbons (Fsp3) is 0.143. The molecule has 4 aromatic rings. The Morgan fingerprint density at radius 3 is 2.55 bits per heavy atom. The zero-order chi connectivity index (χ0) is 20.8. The molecule has 8 heteroatoms. The topological polar surface area (TPSA) is 41.6 Å². The average Bonchev–Trinajstić information content (AvgIpc) is 3.26. The van der Waals surface area contributed by atoms with E-state index in [9.17, 15) is 13.2 Å². The molecule has 0 fully saturated rings. The molecule has 2 aromatic carbocycles. The third kappa shape index (κ3) is 3.61. The van der Waals surface area contributed by atoms with E-state index in [1.165, 1.54) is 23.5 Å². The number of fused-ring (bicyclic) bond motifs is 1. The molecule has 2 aromatic heterocycles. The van der Waals surface area contributed by atoms with Gasteiger partial charge in [0.15, 0.2) is 0 Å². The van der Waals surface area contributed by atoms with Crippen molar-refractivity contribution < 1.29 is 13.2 Å². The van der Waals surface area contributed by atoms with Gasteiger partial charge in [-0.2, -0.15) is 18.4 Å². The van der Waals surface area contributed by atoms with Gasteiger partial charge < -0.3 is 4.57 Å². The van der Waals surface area contributed by atoms with Crippen molar-refractivity contribution in [2.75, 3.05) is 0 Å². The number of thiazole rings is 1. The van der Waals surface area contributed by atoms with Crippen molar-refractivity contribution in [1.82, 2.24) is 9.55 Å². The van der Waals surface area contributed by atoms with Crippen LogP contribution in [0.5, 0.6) is 0 Å². The third-order valence-electron chi connectivity index (χ3n) is 4.66. The van der Waals surface area contributed by atoms with Gasteiger partial charge >= 0.3 is 6.18 Å². The number of hydrogen-bond acceptors (Lipinski definition) is 3. The smallest absolute Gasteiger partial charge is 0.339 e. The zero-order valence-corrected chi connectivity index (χ0v) is 16.7. The quantitative estimate of drug-likeness (QED) is 0.363. The molecule has 0 amide bonds. The van der Waals surface area contributed by atoms with Gasteiger partial charge in [0.05, 0.1) is 29.4 Å². The van der Waals surface area contributed by atoms with E-state index >= 15 is 0 Å². The Balaban J connectivity index is 1.75. The number of aryl methyl sites for hydroxylation is 1. The van der Waals surface area contributed by atoms with Crippen LogP contribution < -0.4 is 0 Å². The lowest BCUT2D eigenvalue weighted by atomic mass is 10.0. The molecule has 0 atom stereocenters. The predicted octanol–water partition coefficient (Wildman–Crippen LogP) is 6.67. The first-order chi connectivity index (χ1) is 13.8. The summed E-state index contributed by atoms with van der Waals surface area (Å²) in [6, 6.07) is 13.2. The molecule has 0 N–H and O–H groups in total. The van der Waals surface area contributed by atoms with Crippen molar-refractivity contribution in [2.24, 2.45) is 0 Å². The second-order valence-corrected chi connectivity index (χ2v) is 7.85. The Bertz CT molecular complexity index is 1250. The van der Waals surface area contributed by atoms with E-state index in [1.54, 1.807) is 35.8 Å². The molecule has 29 heavy (non-hydrogen) atoms. The monoisotopic (exact) mass is 431 g/mol. The van der Waals surface area contributed by atoms with Crippen LogP contribution in [0.25, 0.3) is 21.5 Å². The molecule has 2 heterocycles. The first-order valence-corrected chi connectivity index (χ1v) is 9.84. The van der Waals surface area contributed by atoms with E-state index in [-0.39, 0.29) is 10.9 Å². The molecule has 0 aliphatic rings. The van der Waals surface area contributed by atoms with Crippen molar-refractivity contribution in [3.05, 3.63) is 75.4 Å². The van der Waals surface area contributed by atoms with Gasteiger partial charge in [-0.05, 0) is 37.3 Å². The van der Waals surface area contributed by atoms with E-state index < -0.39 is 11.7 Å². The van der Waals surface area contributed by atoms with Crippen molar-refractivity contribution >= 4 is 33.8 Å². The maximum atomic E-state index is 13.6. The van der Waals surface area contributed by atoms with Gasteiger partial charge in [0.2, 0.25) is 0 Å². The highest BCUT2D eigenvalue weighted by Gasteiger charge is 2.36. The SMILES string of the molecule is Cc1cc2c(C(F)(F)F)c(C#N)ccc2n1Cc1csc(-c2ccc(Cl)cc2)n1. The Kier molecular flexibility index (Phi) is 4.85. The average molecular weight is 432 g/mol.